The van der Waals surface area contributed by atoms with Crippen LogP contribution < -0.4 is 0 Å². The fourth-order valence-corrected chi connectivity index (χ4v) is 2.24. The lowest BCUT2D eigenvalue weighted by Gasteiger charge is -2.18. The van der Waals surface area contributed by atoms with Crippen LogP contribution in [-0.2, 0) is 4.74 Å². The minimum Gasteiger partial charge on any atom is -0.487 e. The standard InChI is InChI=1S/C11H12OS/c1-2-6-10(7-3-1)13-11-8-4-5-9-12-11/h1-3,5-7,9,11H,4,8H2. The Kier molecular flexibility index (Phi) is 2.93. The highest BCUT2D eigenvalue weighted by Crippen LogP contribution is 2.28. The van der Waals surface area contributed by atoms with Crippen LogP contribution in [0.2, 0.25) is 0 Å². The molecule has 0 N–H and O–H groups in total. The Morgan fingerprint density at radius 2 is 2.08 bits per heavy atom. The molecule has 2 rings (SSSR count). The van der Waals surface area contributed by atoms with Crippen molar-refractivity contribution >= 4 is 11.8 Å². The van der Waals surface area contributed by atoms with E-state index < -0.39 is 0 Å². The molecule has 1 aliphatic heterocycles. The summed E-state index contributed by atoms with van der Waals surface area (Å²) < 4.78 is 5.46. The van der Waals surface area contributed by atoms with Gasteiger partial charge in [0.2, 0.25) is 0 Å². The minimum absolute atomic E-state index is 0.299. The van der Waals surface area contributed by atoms with Gasteiger partial charge in [0.05, 0.1) is 6.26 Å². The van der Waals surface area contributed by atoms with E-state index in [0.29, 0.717) is 5.44 Å². The summed E-state index contributed by atoms with van der Waals surface area (Å²) in [4.78, 5) is 1.28. The second-order valence-corrected chi connectivity index (χ2v) is 4.18. The molecule has 13 heavy (non-hydrogen) atoms. The second kappa shape index (κ2) is 4.38. The van der Waals surface area contributed by atoms with Crippen molar-refractivity contribution in [1.82, 2.24) is 0 Å². The van der Waals surface area contributed by atoms with Gasteiger partial charge in [-0.2, -0.15) is 0 Å². The lowest BCUT2D eigenvalue weighted by molar-refractivity contribution is 0.200. The van der Waals surface area contributed by atoms with E-state index >= 15 is 0 Å². The summed E-state index contributed by atoms with van der Waals surface area (Å²) in [6, 6.07) is 10.4. The third kappa shape index (κ3) is 2.52. The number of allylic oxidation sites excluding steroid dienone is 1. The van der Waals surface area contributed by atoms with Gasteiger partial charge in [0.25, 0.3) is 0 Å². The van der Waals surface area contributed by atoms with Crippen LogP contribution in [0.15, 0.2) is 47.6 Å². The molecule has 0 saturated carbocycles. The Balaban J connectivity index is 1.94. The van der Waals surface area contributed by atoms with E-state index in [2.05, 4.69) is 30.3 Å². The van der Waals surface area contributed by atoms with Gasteiger partial charge in [-0.15, -0.1) is 0 Å². The van der Waals surface area contributed by atoms with Crippen molar-refractivity contribution < 1.29 is 4.74 Å². The first-order valence-corrected chi connectivity index (χ1v) is 5.35. The minimum atomic E-state index is 0.299. The average molecular weight is 192 g/mol. The summed E-state index contributed by atoms with van der Waals surface area (Å²) in [5.41, 5.74) is 0.299. The fourth-order valence-electron chi connectivity index (χ4n) is 1.25. The SMILES string of the molecule is C1=COC(Sc2ccccc2)CC1. The monoisotopic (exact) mass is 192 g/mol. The fraction of sp³-hybridized carbons (Fsp3) is 0.273. The summed E-state index contributed by atoms with van der Waals surface area (Å²) >= 11 is 1.79. The van der Waals surface area contributed by atoms with Crippen LogP contribution >= 0.6 is 11.8 Å². The number of hydrogen-bond acceptors (Lipinski definition) is 2. The molecule has 0 radical (unpaired) electrons. The van der Waals surface area contributed by atoms with Crippen LogP contribution in [0.25, 0.3) is 0 Å². The molecule has 0 amide bonds. The smallest absolute Gasteiger partial charge is 0.148 e. The van der Waals surface area contributed by atoms with Crippen LogP contribution in [0.4, 0.5) is 0 Å². The van der Waals surface area contributed by atoms with Gasteiger partial charge < -0.3 is 4.74 Å². The van der Waals surface area contributed by atoms with Crippen molar-refractivity contribution in [2.24, 2.45) is 0 Å². The number of rotatable bonds is 2. The van der Waals surface area contributed by atoms with E-state index in [0.717, 1.165) is 12.8 Å². The van der Waals surface area contributed by atoms with E-state index in [9.17, 15) is 0 Å². The maximum atomic E-state index is 5.46. The Labute approximate surface area is 82.8 Å². The largest absolute Gasteiger partial charge is 0.487 e. The Hall–Kier alpha value is -0.890. The molecule has 1 unspecified atom stereocenters. The van der Waals surface area contributed by atoms with Crippen LogP contribution in [-0.4, -0.2) is 5.44 Å². The molecular weight excluding hydrogens is 180 g/mol. The van der Waals surface area contributed by atoms with Crippen molar-refractivity contribution in [2.75, 3.05) is 0 Å². The van der Waals surface area contributed by atoms with Crippen LogP contribution in [0.1, 0.15) is 12.8 Å². The molecule has 1 aliphatic rings. The lowest BCUT2D eigenvalue weighted by atomic mass is 10.3. The predicted molar refractivity (Wildman–Crippen MR) is 55.5 cm³/mol. The second-order valence-electron chi connectivity index (χ2n) is 2.95. The van der Waals surface area contributed by atoms with Crippen molar-refractivity contribution in [3.63, 3.8) is 0 Å². The van der Waals surface area contributed by atoms with Gasteiger partial charge in [-0.1, -0.05) is 30.0 Å². The normalized spacial score (nSPS) is 21.1. The molecule has 0 saturated heterocycles. The van der Waals surface area contributed by atoms with Crippen molar-refractivity contribution in [1.29, 1.82) is 0 Å². The highest BCUT2D eigenvalue weighted by molar-refractivity contribution is 7.99. The molecule has 1 atom stereocenters. The first-order valence-electron chi connectivity index (χ1n) is 4.47. The summed E-state index contributed by atoms with van der Waals surface area (Å²) in [6.45, 7) is 0. The van der Waals surface area contributed by atoms with Gasteiger partial charge in [-0.3, -0.25) is 0 Å². The Bertz CT molecular complexity index is 281. The van der Waals surface area contributed by atoms with E-state index in [-0.39, 0.29) is 0 Å². The van der Waals surface area contributed by atoms with Crippen molar-refractivity contribution in [2.45, 2.75) is 23.2 Å². The third-order valence-corrected chi connectivity index (χ3v) is 3.06. The van der Waals surface area contributed by atoms with Crippen molar-refractivity contribution in [3.8, 4) is 0 Å². The molecule has 2 heteroatoms. The maximum Gasteiger partial charge on any atom is 0.148 e. The van der Waals surface area contributed by atoms with E-state index in [1.165, 1.54) is 4.90 Å². The summed E-state index contributed by atoms with van der Waals surface area (Å²) in [7, 11) is 0. The molecule has 1 aromatic carbocycles. The Morgan fingerprint density at radius 3 is 2.77 bits per heavy atom. The number of ether oxygens (including phenoxy) is 1. The maximum absolute atomic E-state index is 5.46. The van der Waals surface area contributed by atoms with Crippen LogP contribution in [0.3, 0.4) is 0 Å². The zero-order chi connectivity index (χ0) is 8.93. The van der Waals surface area contributed by atoms with Crippen molar-refractivity contribution in [3.05, 3.63) is 42.7 Å². The van der Waals surface area contributed by atoms with E-state index in [1.807, 2.05) is 12.3 Å². The quantitative estimate of drug-likeness (QED) is 0.710. The first-order chi connectivity index (χ1) is 6.45. The van der Waals surface area contributed by atoms with Gasteiger partial charge in [0.15, 0.2) is 0 Å². The molecule has 0 aliphatic carbocycles. The number of thioether (sulfide) groups is 1. The molecule has 1 nitrogen and oxygen atoms in total. The molecule has 0 spiro atoms. The van der Waals surface area contributed by atoms with Gasteiger partial charge in [0, 0.05) is 4.90 Å². The summed E-state index contributed by atoms with van der Waals surface area (Å²) in [5, 5.41) is 0. The van der Waals surface area contributed by atoms with Gasteiger partial charge in [-0.05, 0) is 31.1 Å². The Morgan fingerprint density at radius 1 is 1.23 bits per heavy atom. The van der Waals surface area contributed by atoms with E-state index in [1.54, 1.807) is 11.8 Å². The zero-order valence-corrected chi connectivity index (χ0v) is 8.17. The van der Waals surface area contributed by atoms with Crippen LogP contribution in [0, 0.1) is 0 Å². The zero-order valence-electron chi connectivity index (χ0n) is 7.35. The highest BCUT2D eigenvalue weighted by atomic mass is 32.2. The molecule has 0 bridgehead atoms. The van der Waals surface area contributed by atoms with Gasteiger partial charge >= 0.3 is 0 Å². The summed E-state index contributed by atoms with van der Waals surface area (Å²) in [6.07, 6.45) is 6.12. The molecule has 0 fully saturated rings. The highest BCUT2D eigenvalue weighted by Gasteiger charge is 2.11. The molecular formula is C11H12OS. The number of hydrogen-bond donors (Lipinski definition) is 0. The van der Waals surface area contributed by atoms with Gasteiger partial charge in [0.1, 0.15) is 5.44 Å². The molecule has 68 valence electrons. The first kappa shape index (κ1) is 8.70. The predicted octanol–water partition coefficient (Wildman–Crippen LogP) is 3.43. The number of benzene rings is 1. The molecule has 0 aromatic heterocycles. The van der Waals surface area contributed by atoms with Crippen LogP contribution in [0.5, 0.6) is 0 Å². The lowest BCUT2D eigenvalue weighted by Crippen LogP contribution is -2.06. The molecule has 1 aromatic rings. The average Bonchev–Trinajstić information content (AvgIpc) is 2.21. The van der Waals surface area contributed by atoms with E-state index in [4.69, 9.17) is 4.74 Å². The topological polar surface area (TPSA) is 9.23 Å². The molecule has 1 heterocycles. The van der Waals surface area contributed by atoms with Gasteiger partial charge in [-0.25, -0.2) is 0 Å². The third-order valence-electron chi connectivity index (χ3n) is 1.91. The summed E-state index contributed by atoms with van der Waals surface area (Å²) in [5.74, 6) is 0.